The highest BCUT2D eigenvalue weighted by atomic mass is 16.4. The number of aryl methyl sites for hydroxylation is 1. The number of hydrogen-bond donors (Lipinski definition) is 1. The predicted molar refractivity (Wildman–Crippen MR) is 51.2 cm³/mol. The third-order valence-electron chi connectivity index (χ3n) is 2.18. The zero-order chi connectivity index (χ0) is 11.4. The fourth-order valence-corrected chi connectivity index (χ4v) is 1.33. The van der Waals surface area contributed by atoms with Gasteiger partial charge in [-0.25, -0.2) is 0 Å². The standard InChI is InChI=1S/C10H11N3O2/c1-6-5-8(7(2)12-13-11)3-4-9(6)10(14)15/h3-5,7,11H,1-2H3. The first-order valence-electron chi connectivity index (χ1n) is 4.44. The average Bonchev–Trinajstić information content (AvgIpc) is 2.17. The van der Waals surface area contributed by atoms with E-state index >= 15 is 0 Å². The van der Waals surface area contributed by atoms with Crippen molar-refractivity contribution in [3.63, 3.8) is 0 Å². The number of hydrogen-bond acceptors (Lipinski definition) is 4. The summed E-state index contributed by atoms with van der Waals surface area (Å²) in [7, 11) is 0. The number of aromatic carboxylic acids is 1. The molecule has 15 heavy (non-hydrogen) atoms. The first-order chi connectivity index (χ1) is 7.06. The summed E-state index contributed by atoms with van der Waals surface area (Å²) >= 11 is 0. The van der Waals surface area contributed by atoms with Crippen LogP contribution in [-0.4, -0.2) is 5.97 Å². The summed E-state index contributed by atoms with van der Waals surface area (Å²) in [5.74, 6) is -1.19. The third-order valence-corrected chi connectivity index (χ3v) is 2.18. The first-order valence-corrected chi connectivity index (χ1v) is 4.44. The normalized spacial score (nSPS) is 11.6. The van der Waals surface area contributed by atoms with Gasteiger partial charge in [0.1, 0.15) is 10.6 Å². The Morgan fingerprint density at radius 2 is 2.27 bits per heavy atom. The molecule has 0 saturated heterocycles. The van der Waals surface area contributed by atoms with E-state index in [1.54, 1.807) is 26.0 Å². The van der Waals surface area contributed by atoms with Gasteiger partial charge in [0.2, 0.25) is 4.91 Å². The SMILES string of the molecule is Cc1cc(C(C)N=[N+]=N)ccc1C(=O)[O-]. The second kappa shape index (κ2) is 4.48. The molecule has 78 valence electrons. The molecule has 0 aliphatic heterocycles. The van der Waals surface area contributed by atoms with Crippen LogP contribution < -0.4 is 10.0 Å². The predicted octanol–water partition coefficient (Wildman–Crippen LogP) is 0.970. The van der Waals surface area contributed by atoms with Gasteiger partial charge in [0.25, 0.3) is 0 Å². The highest BCUT2D eigenvalue weighted by Crippen LogP contribution is 2.19. The van der Waals surface area contributed by atoms with Gasteiger partial charge in [-0.3, -0.25) is 0 Å². The van der Waals surface area contributed by atoms with E-state index in [4.69, 9.17) is 5.53 Å². The largest absolute Gasteiger partial charge is 0.545 e. The lowest BCUT2D eigenvalue weighted by molar-refractivity contribution is -0.255. The highest BCUT2D eigenvalue weighted by Gasteiger charge is 2.10. The number of nitrogens with zero attached hydrogens (tertiary/aromatic N) is 2. The van der Waals surface area contributed by atoms with Crippen molar-refractivity contribution in [1.82, 2.24) is 4.91 Å². The van der Waals surface area contributed by atoms with Crippen molar-refractivity contribution in [2.75, 3.05) is 0 Å². The van der Waals surface area contributed by atoms with Gasteiger partial charge in [-0.1, -0.05) is 18.2 Å². The molecule has 5 heteroatoms. The second-order valence-corrected chi connectivity index (χ2v) is 3.25. The second-order valence-electron chi connectivity index (χ2n) is 3.25. The minimum absolute atomic E-state index is 0.175. The Kier molecular flexibility index (Phi) is 3.31. The van der Waals surface area contributed by atoms with Gasteiger partial charge in [0.05, 0.1) is 5.97 Å². The maximum Gasteiger partial charge on any atom is 0.214 e. The summed E-state index contributed by atoms with van der Waals surface area (Å²) in [6.45, 7) is 3.48. The molecule has 0 aliphatic rings. The van der Waals surface area contributed by atoms with E-state index in [0.29, 0.717) is 5.56 Å². The Morgan fingerprint density at radius 3 is 2.73 bits per heavy atom. The maximum atomic E-state index is 10.6. The lowest BCUT2D eigenvalue weighted by atomic mass is 10.0. The molecule has 0 bridgehead atoms. The van der Waals surface area contributed by atoms with Crippen molar-refractivity contribution in [3.8, 4) is 0 Å². The molecule has 1 aromatic rings. The molecule has 0 heterocycles. The topological polar surface area (TPSA) is 90.4 Å². The van der Waals surface area contributed by atoms with Gasteiger partial charge in [-0.05, 0) is 25.0 Å². The lowest BCUT2D eigenvalue weighted by Crippen LogP contribution is -2.23. The zero-order valence-electron chi connectivity index (χ0n) is 8.52. The number of carbonyl (C=O) groups is 1. The van der Waals surface area contributed by atoms with Crippen molar-refractivity contribution in [2.24, 2.45) is 5.11 Å². The molecule has 0 radical (unpaired) electrons. The molecule has 0 fully saturated rings. The fraction of sp³-hybridized carbons (Fsp3) is 0.300. The molecule has 0 saturated carbocycles. The van der Waals surface area contributed by atoms with Gasteiger partial charge < -0.3 is 9.90 Å². The van der Waals surface area contributed by atoms with Crippen LogP contribution in [0.4, 0.5) is 0 Å². The quantitative estimate of drug-likeness (QED) is 0.588. The van der Waals surface area contributed by atoms with Crippen LogP contribution in [0.15, 0.2) is 23.3 Å². The minimum atomic E-state index is -1.19. The fourth-order valence-electron chi connectivity index (χ4n) is 1.33. The highest BCUT2D eigenvalue weighted by molar-refractivity contribution is 5.87. The molecule has 0 spiro atoms. The molecule has 1 unspecified atom stereocenters. The Balaban J connectivity index is 3.11. The number of benzene rings is 1. The molecule has 1 atom stereocenters. The summed E-state index contributed by atoms with van der Waals surface area (Å²) in [5, 5.41) is 14.3. The van der Waals surface area contributed by atoms with Gasteiger partial charge in [0, 0.05) is 5.56 Å². The smallest absolute Gasteiger partial charge is 0.214 e. The molecule has 1 N–H and O–H groups in total. The summed E-state index contributed by atoms with van der Waals surface area (Å²) in [5.41, 5.74) is 8.23. The summed E-state index contributed by atoms with van der Waals surface area (Å²) < 4.78 is 0. The number of nitrogens with one attached hydrogen (secondary N) is 1. The van der Waals surface area contributed by atoms with Crippen molar-refractivity contribution in [2.45, 2.75) is 19.9 Å². The van der Waals surface area contributed by atoms with Crippen molar-refractivity contribution < 1.29 is 9.90 Å². The van der Waals surface area contributed by atoms with E-state index in [-0.39, 0.29) is 11.6 Å². The van der Waals surface area contributed by atoms with Crippen LogP contribution in [0.1, 0.15) is 34.5 Å². The summed E-state index contributed by atoms with van der Waals surface area (Å²) in [6, 6.07) is 4.61. The molecule has 5 nitrogen and oxygen atoms in total. The van der Waals surface area contributed by atoms with E-state index in [0.717, 1.165) is 5.56 Å². The van der Waals surface area contributed by atoms with Crippen LogP contribution in [-0.2, 0) is 0 Å². The molecule has 0 amide bonds. The van der Waals surface area contributed by atoms with E-state index in [1.165, 1.54) is 6.07 Å². The van der Waals surface area contributed by atoms with E-state index in [9.17, 15) is 9.90 Å². The number of carbonyl (C=O) groups excluding carboxylic acids is 1. The summed E-state index contributed by atoms with van der Waals surface area (Å²) in [4.78, 5) is 13.6. The average molecular weight is 205 g/mol. The van der Waals surface area contributed by atoms with Gasteiger partial charge >= 0.3 is 0 Å². The molecule has 1 rings (SSSR count). The molecule has 0 aromatic heterocycles. The number of rotatable bonds is 3. The molecule has 0 aliphatic carbocycles. The number of carboxylic acids is 1. The van der Waals surface area contributed by atoms with Crippen LogP contribution in [0.5, 0.6) is 0 Å². The van der Waals surface area contributed by atoms with Gasteiger partial charge in [0.15, 0.2) is 6.04 Å². The monoisotopic (exact) mass is 205 g/mol. The van der Waals surface area contributed by atoms with Crippen molar-refractivity contribution in [1.29, 1.82) is 5.53 Å². The maximum absolute atomic E-state index is 10.6. The van der Waals surface area contributed by atoms with Crippen molar-refractivity contribution >= 4 is 5.97 Å². The third kappa shape index (κ3) is 2.48. The van der Waals surface area contributed by atoms with Gasteiger partial charge in [-0.15, -0.1) is 0 Å². The molecular weight excluding hydrogens is 194 g/mol. The number of carboxylic acid groups (broad SMARTS) is 1. The van der Waals surface area contributed by atoms with Crippen LogP contribution in [0.2, 0.25) is 0 Å². The van der Waals surface area contributed by atoms with Crippen molar-refractivity contribution in [3.05, 3.63) is 34.9 Å². The Bertz CT molecular complexity index is 436. The van der Waals surface area contributed by atoms with E-state index in [1.807, 2.05) is 0 Å². The van der Waals surface area contributed by atoms with Crippen LogP contribution in [0, 0.1) is 12.5 Å². The molecule has 1 aromatic carbocycles. The zero-order valence-corrected chi connectivity index (χ0v) is 8.52. The van der Waals surface area contributed by atoms with E-state index in [2.05, 4.69) is 10.0 Å². The summed E-state index contributed by atoms with van der Waals surface area (Å²) in [6.07, 6.45) is 0. The Morgan fingerprint density at radius 1 is 1.60 bits per heavy atom. The first kappa shape index (κ1) is 11.1. The van der Waals surface area contributed by atoms with Crippen LogP contribution in [0.3, 0.4) is 0 Å². The Labute approximate surface area is 87.0 Å². The van der Waals surface area contributed by atoms with Gasteiger partial charge in [-0.2, -0.15) is 0 Å². The lowest BCUT2D eigenvalue weighted by Gasteiger charge is -2.08. The van der Waals surface area contributed by atoms with E-state index < -0.39 is 5.97 Å². The molecular formula is C10H11N3O2. The van der Waals surface area contributed by atoms with Crippen LogP contribution >= 0.6 is 0 Å². The Hall–Kier alpha value is -2.00. The minimum Gasteiger partial charge on any atom is -0.545 e. The van der Waals surface area contributed by atoms with Crippen LogP contribution in [0.25, 0.3) is 0 Å².